The number of hydrogen-bond acceptors (Lipinski definition) is 6. The number of nitrogens with zero attached hydrogens (tertiary/aromatic N) is 4. The third kappa shape index (κ3) is 3.74. The van der Waals surface area contributed by atoms with E-state index in [4.69, 9.17) is 4.98 Å². The molecule has 0 bridgehead atoms. The molecule has 6 rings (SSSR count). The van der Waals surface area contributed by atoms with Gasteiger partial charge in [0.1, 0.15) is 22.7 Å². The lowest BCUT2D eigenvalue weighted by atomic mass is 10.0. The Morgan fingerprint density at radius 2 is 1.91 bits per heavy atom. The summed E-state index contributed by atoms with van der Waals surface area (Å²) in [5.74, 6) is 0.112. The number of thiophene rings is 1. The van der Waals surface area contributed by atoms with E-state index in [1.165, 1.54) is 4.88 Å². The van der Waals surface area contributed by atoms with Gasteiger partial charge in [-0.1, -0.05) is 0 Å². The molecule has 0 fully saturated rings. The van der Waals surface area contributed by atoms with E-state index in [0.717, 1.165) is 27.3 Å². The molecule has 0 saturated carbocycles. The van der Waals surface area contributed by atoms with Crippen molar-refractivity contribution >= 4 is 39.0 Å². The first kappa shape index (κ1) is 21.4. The molecular weight excluding hydrogens is 461 g/mol. The Labute approximate surface area is 204 Å². The number of hydrogen-bond donors (Lipinski definition) is 3. The summed E-state index contributed by atoms with van der Waals surface area (Å²) in [5.41, 5.74) is 5.34. The maximum atomic E-state index is 16.0. The number of benzene rings is 1. The minimum atomic E-state index is -0.373. The van der Waals surface area contributed by atoms with Crippen molar-refractivity contribution in [2.24, 2.45) is 0 Å². The van der Waals surface area contributed by atoms with E-state index in [9.17, 15) is 0 Å². The van der Waals surface area contributed by atoms with E-state index in [-0.39, 0.29) is 11.9 Å². The lowest BCUT2D eigenvalue weighted by Gasteiger charge is -2.11. The third-order valence-corrected chi connectivity index (χ3v) is 6.78. The highest BCUT2D eigenvalue weighted by atomic mass is 32.1. The second kappa shape index (κ2) is 8.28. The molecule has 6 aromatic rings. The molecule has 0 amide bonds. The fourth-order valence-electron chi connectivity index (χ4n) is 4.26. The summed E-state index contributed by atoms with van der Waals surface area (Å²) in [5, 5.41) is 11.1. The second-order valence-corrected chi connectivity index (χ2v) is 10.0. The average molecular weight is 484 g/mol. The van der Waals surface area contributed by atoms with Crippen molar-refractivity contribution in [3.63, 3.8) is 0 Å². The average Bonchev–Trinajstić information content (AvgIpc) is 3.56. The highest BCUT2D eigenvalue weighted by Gasteiger charge is 2.21. The highest BCUT2D eigenvalue weighted by molar-refractivity contribution is 7.15. The fourth-order valence-corrected chi connectivity index (χ4v) is 5.12. The molecule has 0 radical (unpaired) electrons. The molecule has 1 aromatic carbocycles. The van der Waals surface area contributed by atoms with Gasteiger partial charge in [0, 0.05) is 40.6 Å². The number of H-pyrrole nitrogens is 2. The summed E-state index contributed by atoms with van der Waals surface area (Å²) in [4.78, 5) is 19.2. The van der Waals surface area contributed by atoms with E-state index in [0.29, 0.717) is 33.5 Å². The number of nitrogens with one attached hydrogen (secondary N) is 3. The molecule has 0 unspecified atom stereocenters. The van der Waals surface area contributed by atoms with E-state index in [1.54, 1.807) is 36.0 Å². The van der Waals surface area contributed by atoms with Crippen molar-refractivity contribution in [2.75, 3.05) is 5.32 Å². The zero-order chi connectivity index (χ0) is 24.1. The maximum Gasteiger partial charge on any atom is 0.159 e. The van der Waals surface area contributed by atoms with Crippen LogP contribution in [0.15, 0.2) is 55.0 Å². The number of fused-ring (bicyclic) bond motifs is 2. The molecule has 0 spiro atoms. The zero-order valence-electron chi connectivity index (χ0n) is 19.3. The number of aromatic amines is 2. The molecule has 0 saturated heterocycles. The van der Waals surface area contributed by atoms with Crippen LogP contribution in [0.25, 0.3) is 55.2 Å². The molecule has 3 N–H and O–H groups in total. The van der Waals surface area contributed by atoms with Gasteiger partial charge in [-0.2, -0.15) is 5.10 Å². The number of aryl methyl sites for hydroxylation is 1. The van der Waals surface area contributed by atoms with E-state index >= 15 is 4.39 Å². The Bertz CT molecular complexity index is 1700. The summed E-state index contributed by atoms with van der Waals surface area (Å²) in [6, 6.07) is 11.7. The largest absolute Gasteiger partial charge is 0.382 e. The normalized spacial score (nSPS) is 11.7. The maximum absolute atomic E-state index is 16.0. The van der Waals surface area contributed by atoms with Crippen molar-refractivity contribution < 1.29 is 4.39 Å². The standard InChI is InChI=1S/C26H22FN7S/c1-13(2)30-16-10-15(11-28-12-16)17-5-6-18-21(22(17)27)25(34-33-18)26-31-19-8-9-29-24(23(19)32-26)20-7-4-14(3)35-20/h4-13,30H,1-3H3,(H,31,32)(H,33,34). The molecule has 0 atom stereocenters. The van der Waals surface area contributed by atoms with Crippen LogP contribution in [0.3, 0.4) is 0 Å². The summed E-state index contributed by atoms with van der Waals surface area (Å²) >= 11 is 1.66. The summed E-state index contributed by atoms with van der Waals surface area (Å²) in [6.07, 6.45) is 5.15. The summed E-state index contributed by atoms with van der Waals surface area (Å²) < 4.78 is 16.0. The first-order valence-electron chi connectivity index (χ1n) is 11.3. The van der Waals surface area contributed by atoms with Gasteiger partial charge < -0.3 is 10.3 Å². The van der Waals surface area contributed by atoms with Crippen LogP contribution in [0.2, 0.25) is 0 Å². The van der Waals surface area contributed by atoms with Crippen LogP contribution in [0, 0.1) is 12.7 Å². The number of pyridine rings is 2. The Kier molecular flexibility index (Phi) is 5.07. The van der Waals surface area contributed by atoms with Crippen molar-refractivity contribution in [2.45, 2.75) is 26.8 Å². The van der Waals surface area contributed by atoms with Crippen molar-refractivity contribution in [3.8, 4) is 33.2 Å². The molecular formula is C26H22FN7S. The lowest BCUT2D eigenvalue weighted by Crippen LogP contribution is -2.09. The molecule has 5 heterocycles. The van der Waals surface area contributed by atoms with Gasteiger partial charge in [-0.3, -0.25) is 15.1 Å². The third-order valence-electron chi connectivity index (χ3n) is 5.77. The van der Waals surface area contributed by atoms with Gasteiger partial charge in [-0.05, 0) is 57.2 Å². The SMILES string of the molecule is Cc1ccc(-c2nccc3[nH]c(-c4n[nH]c5ccc(-c6cncc(NC(C)C)c6)c(F)c45)nc23)s1. The van der Waals surface area contributed by atoms with Crippen LogP contribution in [-0.2, 0) is 0 Å². The van der Waals surface area contributed by atoms with Crippen molar-refractivity contribution in [1.29, 1.82) is 0 Å². The molecule has 0 aliphatic carbocycles. The zero-order valence-corrected chi connectivity index (χ0v) is 20.2. The minimum Gasteiger partial charge on any atom is -0.382 e. The van der Waals surface area contributed by atoms with Crippen LogP contribution in [0.4, 0.5) is 10.1 Å². The predicted molar refractivity (Wildman–Crippen MR) is 139 cm³/mol. The highest BCUT2D eigenvalue weighted by Crippen LogP contribution is 2.36. The van der Waals surface area contributed by atoms with Gasteiger partial charge in [-0.25, -0.2) is 9.37 Å². The Balaban J connectivity index is 1.49. The van der Waals surface area contributed by atoms with Gasteiger partial charge in [-0.15, -0.1) is 11.3 Å². The van der Waals surface area contributed by atoms with Gasteiger partial charge in [0.2, 0.25) is 0 Å². The number of rotatable bonds is 5. The van der Waals surface area contributed by atoms with Crippen LogP contribution in [-0.4, -0.2) is 36.2 Å². The second-order valence-electron chi connectivity index (χ2n) is 8.73. The molecule has 9 heteroatoms. The van der Waals surface area contributed by atoms with E-state index in [2.05, 4.69) is 43.5 Å². The molecule has 5 aromatic heterocycles. The minimum absolute atomic E-state index is 0.241. The first-order valence-corrected chi connectivity index (χ1v) is 12.1. The number of imidazole rings is 1. The molecule has 0 aliphatic rings. The first-order chi connectivity index (χ1) is 17.0. The topological polar surface area (TPSA) is 95.2 Å². The summed E-state index contributed by atoms with van der Waals surface area (Å²) in [7, 11) is 0. The number of halogens is 1. The molecule has 0 aliphatic heterocycles. The molecule has 174 valence electrons. The predicted octanol–water partition coefficient (Wildman–Crippen LogP) is 6.56. The van der Waals surface area contributed by atoms with Crippen molar-refractivity contribution in [3.05, 3.63) is 65.7 Å². The Morgan fingerprint density at radius 1 is 1.03 bits per heavy atom. The Morgan fingerprint density at radius 3 is 2.71 bits per heavy atom. The van der Waals surface area contributed by atoms with Gasteiger partial charge in [0.05, 0.1) is 27.0 Å². The van der Waals surface area contributed by atoms with E-state index in [1.807, 2.05) is 38.1 Å². The van der Waals surface area contributed by atoms with Gasteiger partial charge >= 0.3 is 0 Å². The van der Waals surface area contributed by atoms with Crippen LogP contribution in [0.5, 0.6) is 0 Å². The summed E-state index contributed by atoms with van der Waals surface area (Å²) in [6.45, 7) is 6.15. The molecule has 35 heavy (non-hydrogen) atoms. The van der Waals surface area contributed by atoms with Gasteiger partial charge in [0.15, 0.2) is 5.82 Å². The van der Waals surface area contributed by atoms with Crippen LogP contribution >= 0.6 is 11.3 Å². The number of aromatic nitrogens is 6. The van der Waals surface area contributed by atoms with Crippen LogP contribution in [0.1, 0.15) is 18.7 Å². The monoisotopic (exact) mass is 483 g/mol. The van der Waals surface area contributed by atoms with E-state index < -0.39 is 0 Å². The fraction of sp³-hybridized carbons (Fsp3) is 0.154. The lowest BCUT2D eigenvalue weighted by molar-refractivity contribution is 0.643. The smallest absolute Gasteiger partial charge is 0.159 e. The Hall–Kier alpha value is -4.11. The van der Waals surface area contributed by atoms with Crippen LogP contribution < -0.4 is 5.32 Å². The van der Waals surface area contributed by atoms with Crippen molar-refractivity contribution in [1.82, 2.24) is 30.1 Å². The quantitative estimate of drug-likeness (QED) is 0.258. The number of anilines is 1. The van der Waals surface area contributed by atoms with Gasteiger partial charge in [0.25, 0.3) is 0 Å². The molecule has 7 nitrogen and oxygen atoms in total.